The van der Waals surface area contributed by atoms with Gasteiger partial charge in [-0.2, -0.15) is 12.6 Å². The molecule has 3 heterocycles. The predicted molar refractivity (Wildman–Crippen MR) is 84.5 cm³/mol. The van der Waals surface area contributed by atoms with Crippen molar-refractivity contribution in [3.05, 3.63) is 0 Å². The molecule has 3 atom stereocenters. The number of imide groups is 2. The molecule has 4 amide bonds. The number of fused-ring (bicyclic) bond motifs is 1. The van der Waals surface area contributed by atoms with E-state index in [1.54, 1.807) is 0 Å². The van der Waals surface area contributed by atoms with Crippen molar-refractivity contribution in [2.75, 3.05) is 13.1 Å². The van der Waals surface area contributed by atoms with Gasteiger partial charge in [-0.25, -0.2) is 0 Å². The van der Waals surface area contributed by atoms with E-state index in [9.17, 15) is 19.2 Å². The van der Waals surface area contributed by atoms with Gasteiger partial charge in [-0.3, -0.25) is 29.0 Å². The highest BCUT2D eigenvalue weighted by atomic mass is 32.2. The second-order valence-corrected chi connectivity index (χ2v) is 7.73. The zero-order chi connectivity index (χ0) is 15.9. The quantitative estimate of drug-likeness (QED) is 0.315. The van der Waals surface area contributed by atoms with E-state index in [0.717, 1.165) is 25.7 Å². The van der Waals surface area contributed by atoms with Crippen LogP contribution in [0.1, 0.15) is 32.1 Å². The zero-order valence-electron chi connectivity index (χ0n) is 12.1. The predicted octanol–water partition coefficient (Wildman–Crippen LogP) is 0.457. The van der Waals surface area contributed by atoms with Gasteiger partial charge < -0.3 is 0 Å². The van der Waals surface area contributed by atoms with Crippen molar-refractivity contribution in [2.24, 2.45) is 0 Å². The third kappa shape index (κ3) is 2.90. The summed E-state index contributed by atoms with van der Waals surface area (Å²) in [6, 6.07) is 0. The first-order chi connectivity index (χ1) is 10.5. The van der Waals surface area contributed by atoms with Crippen LogP contribution in [-0.2, 0) is 19.2 Å². The van der Waals surface area contributed by atoms with Crippen molar-refractivity contribution in [2.45, 2.75) is 47.9 Å². The Morgan fingerprint density at radius 3 is 1.91 bits per heavy atom. The van der Waals surface area contributed by atoms with Crippen LogP contribution in [0.15, 0.2) is 0 Å². The van der Waals surface area contributed by atoms with E-state index in [2.05, 4.69) is 12.6 Å². The average molecular weight is 342 g/mol. The fraction of sp³-hybridized carbons (Fsp3) is 0.714. The topological polar surface area (TPSA) is 74.8 Å². The number of rotatable bonds is 7. The molecule has 0 spiro atoms. The van der Waals surface area contributed by atoms with Crippen molar-refractivity contribution in [3.8, 4) is 0 Å². The smallest absolute Gasteiger partial charge is 0.244 e. The van der Waals surface area contributed by atoms with Gasteiger partial charge in [0.05, 0.1) is 5.25 Å². The van der Waals surface area contributed by atoms with Gasteiger partial charge >= 0.3 is 0 Å². The first-order valence-electron chi connectivity index (χ1n) is 7.53. The third-order valence-electron chi connectivity index (χ3n) is 4.24. The average Bonchev–Trinajstić information content (AvgIpc) is 3.19. The standard InChI is InChI=1S/C14H18N2O4S2/c17-9-7-8(21)12(18)15(9)5-3-1-2-4-6-16-13(19)10-11(22-10)14(16)20/h8,10-11,21H,1-7H2/t8-,10?,11?/m0/s1. The van der Waals surface area contributed by atoms with E-state index in [1.165, 1.54) is 21.6 Å². The van der Waals surface area contributed by atoms with Crippen LogP contribution in [-0.4, -0.2) is 62.3 Å². The number of hydrogen-bond acceptors (Lipinski definition) is 6. The molecule has 3 fully saturated rings. The van der Waals surface area contributed by atoms with Crippen LogP contribution >= 0.6 is 24.4 Å². The molecular formula is C14H18N2O4S2. The third-order valence-corrected chi connectivity index (χ3v) is 5.87. The molecule has 0 aliphatic carbocycles. The number of likely N-dealkylation sites (tertiary alicyclic amines) is 2. The maximum atomic E-state index is 11.7. The lowest BCUT2D eigenvalue weighted by Gasteiger charge is -2.16. The van der Waals surface area contributed by atoms with Crippen molar-refractivity contribution in [1.29, 1.82) is 0 Å². The first kappa shape index (κ1) is 15.9. The monoisotopic (exact) mass is 342 g/mol. The highest BCUT2D eigenvalue weighted by Gasteiger charge is 2.59. The van der Waals surface area contributed by atoms with Gasteiger partial charge in [-0.1, -0.05) is 12.8 Å². The summed E-state index contributed by atoms with van der Waals surface area (Å²) in [7, 11) is 0. The molecule has 3 rings (SSSR count). The summed E-state index contributed by atoms with van der Waals surface area (Å²) in [5.41, 5.74) is 0. The Hall–Kier alpha value is -1.02. The van der Waals surface area contributed by atoms with Crippen molar-refractivity contribution < 1.29 is 19.2 Å². The molecule has 0 bridgehead atoms. The molecule has 22 heavy (non-hydrogen) atoms. The highest BCUT2D eigenvalue weighted by molar-refractivity contribution is 8.09. The van der Waals surface area contributed by atoms with E-state index in [1.807, 2.05) is 0 Å². The van der Waals surface area contributed by atoms with Crippen molar-refractivity contribution >= 4 is 48.0 Å². The molecule has 3 aliphatic heterocycles. The van der Waals surface area contributed by atoms with Gasteiger partial charge in [0.2, 0.25) is 23.6 Å². The number of amides is 4. The number of thioether (sulfide) groups is 1. The molecule has 0 saturated carbocycles. The summed E-state index contributed by atoms with van der Waals surface area (Å²) in [4.78, 5) is 49.4. The molecule has 3 saturated heterocycles. The van der Waals surface area contributed by atoms with Gasteiger partial charge in [0.25, 0.3) is 0 Å². The summed E-state index contributed by atoms with van der Waals surface area (Å²) in [5, 5.41) is -0.688. The van der Waals surface area contributed by atoms with E-state index in [0.29, 0.717) is 13.1 Å². The minimum absolute atomic E-state index is 0.0342. The maximum absolute atomic E-state index is 11.7. The lowest BCUT2D eigenvalue weighted by atomic mass is 10.2. The fourth-order valence-corrected chi connectivity index (χ4v) is 4.16. The number of carbonyl (C=O) groups excluding carboxylic acids is 4. The Balaban J connectivity index is 1.30. The Morgan fingerprint density at radius 2 is 1.41 bits per heavy atom. The van der Waals surface area contributed by atoms with Crippen LogP contribution in [0.25, 0.3) is 0 Å². The normalized spacial score (nSPS) is 30.5. The second kappa shape index (κ2) is 6.23. The molecule has 0 aromatic heterocycles. The molecule has 0 aromatic rings. The van der Waals surface area contributed by atoms with Crippen molar-refractivity contribution in [3.63, 3.8) is 0 Å². The summed E-state index contributed by atoms with van der Waals surface area (Å²) >= 11 is 5.52. The highest BCUT2D eigenvalue weighted by Crippen LogP contribution is 2.48. The van der Waals surface area contributed by atoms with E-state index < -0.39 is 5.25 Å². The number of hydrogen-bond donors (Lipinski definition) is 1. The summed E-state index contributed by atoms with van der Waals surface area (Å²) in [6.07, 6.45) is 3.47. The molecule has 0 N–H and O–H groups in total. The van der Waals surface area contributed by atoms with E-state index >= 15 is 0 Å². The van der Waals surface area contributed by atoms with Gasteiger partial charge in [-0.15, -0.1) is 11.8 Å². The van der Waals surface area contributed by atoms with Crippen LogP contribution in [0.5, 0.6) is 0 Å². The van der Waals surface area contributed by atoms with Gasteiger partial charge in [0, 0.05) is 19.5 Å². The van der Waals surface area contributed by atoms with Gasteiger partial charge in [0.15, 0.2) is 0 Å². The van der Waals surface area contributed by atoms with E-state index in [4.69, 9.17) is 0 Å². The van der Waals surface area contributed by atoms with Crippen LogP contribution in [0.2, 0.25) is 0 Å². The minimum Gasteiger partial charge on any atom is -0.282 e. The Bertz CT molecular complexity index is 494. The SMILES string of the molecule is O=C1C[C@H](S)C(=O)N1CCCCCCN1C(=O)C2SC2C1=O. The van der Waals surface area contributed by atoms with Crippen LogP contribution in [0.4, 0.5) is 0 Å². The molecule has 120 valence electrons. The summed E-state index contributed by atoms with van der Waals surface area (Å²) in [5.74, 6) is -0.408. The first-order valence-corrected chi connectivity index (χ1v) is 8.99. The maximum Gasteiger partial charge on any atom is 0.244 e. The number of nitrogens with zero attached hydrogens (tertiary/aromatic N) is 2. The number of unbranched alkanes of at least 4 members (excludes halogenated alkanes) is 3. The molecule has 8 heteroatoms. The molecule has 0 radical (unpaired) electrons. The number of carbonyl (C=O) groups is 4. The second-order valence-electron chi connectivity index (χ2n) is 5.82. The van der Waals surface area contributed by atoms with Gasteiger partial charge in [-0.05, 0) is 12.8 Å². The van der Waals surface area contributed by atoms with Gasteiger partial charge in [0.1, 0.15) is 10.5 Å². The van der Waals surface area contributed by atoms with Crippen LogP contribution in [0.3, 0.4) is 0 Å². The summed E-state index contributed by atoms with van der Waals surface area (Å²) < 4.78 is 0. The largest absolute Gasteiger partial charge is 0.282 e. The van der Waals surface area contributed by atoms with Crippen molar-refractivity contribution in [1.82, 2.24) is 9.80 Å². The minimum atomic E-state index is -0.482. The molecule has 0 aromatic carbocycles. The van der Waals surface area contributed by atoms with Crippen LogP contribution in [0, 0.1) is 0 Å². The van der Waals surface area contributed by atoms with E-state index in [-0.39, 0.29) is 40.5 Å². The van der Waals surface area contributed by atoms with Crippen LogP contribution < -0.4 is 0 Å². The Morgan fingerprint density at radius 1 is 0.864 bits per heavy atom. The molecule has 2 unspecified atom stereocenters. The molecular weight excluding hydrogens is 324 g/mol. The molecule has 6 nitrogen and oxygen atoms in total. The molecule has 3 aliphatic rings. The summed E-state index contributed by atoms with van der Waals surface area (Å²) in [6.45, 7) is 0.933. The lowest BCUT2D eigenvalue weighted by Crippen LogP contribution is -2.34. The Kier molecular flexibility index (Phi) is 4.49. The number of thiol groups is 1. The lowest BCUT2D eigenvalue weighted by molar-refractivity contribution is -0.140. The Labute approximate surface area is 138 Å². The zero-order valence-corrected chi connectivity index (χ0v) is 13.8. The fourth-order valence-electron chi connectivity index (χ4n) is 2.92.